The van der Waals surface area contributed by atoms with Crippen LogP contribution >= 0.6 is 23.2 Å². The van der Waals surface area contributed by atoms with E-state index >= 15 is 0 Å². The fourth-order valence-electron chi connectivity index (χ4n) is 4.74. The molecule has 0 amide bonds. The molecule has 0 radical (unpaired) electrons. The number of nitrogens with one attached hydrogen (secondary N) is 3. The molecule has 0 saturated carbocycles. The van der Waals surface area contributed by atoms with E-state index in [0.717, 1.165) is 39.3 Å². The van der Waals surface area contributed by atoms with E-state index in [1.165, 1.54) is 6.20 Å². The zero-order valence-electron chi connectivity index (χ0n) is 20.3. The molecule has 1 unspecified atom stereocenters. The summed E-state index contributed by atoms with van der Waals surface area (Å²) in [5.74, 6) is 0.463. The minimum Gasteiger partial charge on any atom is -0.388 e. The second kappa shape index (κ2) is 9.97. The number of nitrogens with zero attached hydrogens (tertiary/aromatic N) is 2. The summed E-state index contributed by atoms with van der Waals surface area (Å²) >= 11 is 12.1. The molecule has 0 spiro atoms. The third-order valence-electron chi connectivity index (χ3n) is 6.57. The summed E-state index contributed by atoms with van der Waals surface area (Å²) in [5, 5.41) is 18.8. The first-order chi connectivity index (χ1) is 17.8. The van der Waals surface area contributed by atoms with Gasteiger partial charge in [0.2, 0.25) is 11.8 Å². The van der Waals surface area contributed by atoms with Gasteiger partial charge in [-0.25, -0.2) is 4.98 Å². The second-order valence-electron chi connectivity index (χ2n) is 8.81. The molecule has 2 aromatic heterocycles. The number of nitrogens with two attached hydrogens (primary N) is 1. The molecule has 2 heterocycles. The SMILES string of the molecule is CNc1ccc(-c2cnc(C3(O)CCc4cc(-c5cc(Cl)ccc5N/C=C(\N)Cl)c[n+](OC)c43)[nH]2)cc1. The number of benzene rings is 2. The lowest BCUT2D eigenvalue weighted by molar-refractivity contribution is -0.893. The van der Waals surface area contributed by atoms with E-state index in [4.69, 9.17) is 33.8 Å². The van der Waals surface area contributed by atoms with Crippen LogP contribution in [0.15, 0.2) is 72.3 Å². The number of hydrogen-bond acceptors (Lipinski definition) is 6. The number of halogens is 2. The van der Waals surface area contributed by atoms with Crippen molar-refractivity contribution >= 4 is 34.6 Å². The Hall–Kier alpha value is -3.72. The van der Waals surface area contributed by atoms with Gasteiger partial charge in [0.1, 0.15) is 18.1 Å². The Morgan fingerprint density at radius 2 is 2.00 bits per heavy atom. The summed E-state index contributed by atoms with van der Waals surface area (Å²) in [6, 6.07) is 15.5. The van der Waals surface area contributed by atoms with E-state index in [0.29, 0.717) is 29.4 Å². The van der Waals surface area contributed by atoms with Crippen molar-refractivity contribution in [2.75, 3.05) is 24.8 Å². The lowest BCUT2D eigenvalue weighted by Crippen LogP contribution is -2.50. The van der Waals surface area contributed by atoms with Crippen molar-refractivity contribution in [3.05, 3.63) is 94.4 Å². The Labute approximate surface area is 224 Å². The van der Waals surface area contributed by atoms with Crippen LogP contribution in [0.3, 0.4) is 0 Å². The molecule has 0 aliphatic heterocycles. The van der Waals surface area contributed by atoms with Crippen LogP contribution in [0.2, 0.25) is 5.02 Å². The molecule has 10 heteroatoms. The average molecular weight is 538 g/mol. The van der Waals surface area contributed by atoms with Crippen molar-refractivity contribution in [1.82, 2.24) is 9.97 Å². The molecule has 1 aliphatic carbocycles. The molecule has 8 nitrogen and oxygen atoms in total. The largest absolute Gasteiger partial charge is 0.388 e. The quantitative estimate of drug-likeness (QED) is 0.177. The molecule has 4 aromatic rings. The number of imidazole rings is 1. The zero-order chi connectivity index (χ0) is 26.2. The van der Waals surface area contributed by atoms with Crippen LogP contribution in [0.4, 0.5) is 11.4 Å². The maximum absolute atomic E-state index is 11.9. The Kier molecular flexibility index (Phi) is 6.72. The van der Waals surface area contributed by atoms with Gasteiger partial charge in [-0.15, -0.1) is 0 Å². The number of hydrogen-bond donors (Lipinski definition) is 5. The second-order valence-corrected chi connectivity index (χ2v) is 9.68. The Balaban J connectivity index is 1.55. The molecule has 6 N–H and O–H groups in total. The summed E-state index contributed by atoms with van der Waals surface area (Å²) in [4.78, 5) is 13.6. The van der Waals surface area contributed by atoms with Crippen LogP contribution in [0.25, 0.3) is 22.4 Å². The number of aryl methyl sites for hydroxylation is 1. The molecular formula is C27H27Cl2N6O2+. The molecule has 37 heavy (non-hydrogen) atoms. The Bertz CT molecular complexity index is 1480. The van der Waals surface area contributed by atoms with Crippen molar-refractivity contribution in [2.45, 2.75) is 18.4 Å². The Morgan fingerprint density at radius 3 is 2.70 bits per heavy atom. The van der Waals surface area contributed by atoms with Gasteiger partial charge >= 0.3 is 0 Å². The first-order valence-corrected chi connectivity index (χ1v) is 12.4. The highest BCUT2D eigenvalue weighted by Crippen LogP contribution is 2.41. The normalized spacial score (nSPS) is 16.9. The van der Waals surface area contributed by atoms with Crippen LogP contribution in [-0.4, -0.2) is 29.2 Å². The summed E-state index contributed by atoms with van der Waals surface area (Å²) in [7, 11) is 3.44. The zero-order valence-corrected chi connectivity index (χ0v) is 21.9. The maximum atomic E-state index is 11.9. The van der Waals surface area contributed by atoms with E-state index in [2.05, 4.69) is 20.6 Å². The number of H-pyrrole nitrogens is 1. The van der Waals surface area contributed by atoms with Crippen LogP contribution in [0.5, 0.6) is 0 Å². The molecule has 5 rings (SSSR count). The van der Waals surface area contributed by atoms with Crippen molar-refractivity contribution in [2.24, 2.45) is 5.73 Å². The monoisotopic (exact) mass is 537 g/mol. The first kappa shape index (κ1) is 25.0. The number of anilines is 2. The number of fused-ring (bicyclic) bond motifs is 1. The molecule has 0 saturated heterocycles. The molecule has 190 valence electrons. The summed E-state index contributed by atoms with van der Waals surface area (Å²) in [5.41, 5.74) is 11.1. The van der Waals surface area contributed by atoms with Crippen molar-refractivity contribution in [3.63, 3.8) is 0 Å². The van der Waals surface area contributed by atoms with Gasteiger partial charge in [-0.1, -0.05) is 35.3 Å². The lowest BCUT2D eigenvalue weighted by atomic mass is 9.98. The lowest BCUT2D eigenvalue weighted by Gasteiger charge is -2.18. The van der Waals surface area contributed by atoms with Crippen molar-refractivity contribution < 1.29 is 14.7 Å². The minimum absolute atomic E-state index is 0.127. The van der Waals surface area contributed by atoms with Gasteiger partial charge in [-0.3, -0.25) is 4.84 Å². The topological polar surface area (TPSA) is 112 Å². The highest BCUT2D eigenvalue weighted by Gasteiger charge is 2.50. The molecule has 0 fully saturated rings. The van der Waals surface area contributed by atoms with Gasteiger partial charge < -0.3 is 26.5 Å². The van der Waals surface area contributed by atoms with E-state index < -0.39 is 5.60 Å². The Morgan fingerprint density at radius 1 is 1.22 bits per heavy atom. The number of aliphatic hydroxyl groups is 1. The van der Waals surface area contributed by atoms with Crippen LogP contribution in [0.1, 0.15) is 23.5 Å². The average Bonchev–Trinajstić information content (AvgIpc) is 3.54. The van der Waals surface area contributed by atoms with Crippen LogP contribution < -0.4 is 25.9 Å². The molecule has 1 aliphatic rings. The molecular weight excluding hydrogens is 511 g/mol. The fourth-order valence-corrected chi connectivity index (χ4v) is 4.97. The number of aromatic nitrogens is 3. The maximum Gasteiger partial charge on any atom is 0.276 e. The highest BCUT2D eigenvalue weighted by molar-refractivity contribution is 6.31. The molecule has 2 aromatic carbocycles. The first-order valence-electron chi connectivity index (χ1n) is 11.7. The summed E-state index contributed by atoms with van der Waals surface area (Å²) < 4.78 is 1.60. The fraction of sp³-hybridized carbons (Fsp3) is 0.185. The third kappa shape index (κ3) is 4.71. The van der Waals surface area contributed by atoms with Gasteiger partial charge in [0.25, 0.3) is 5.69 Å². The van der Waals surface area contributed by atoms with Crippen LogP contribution in [0, 0.1) is 0 Å². The van der Waals surface area contributed by atoms with E-state index in [1.54, 1.807) is 24.1 Å². The number of pyridine rings is 1. The molecule has 0 bridgehead atoms. The van der Waals surface area contributed by atoms with E-state index in [9.17, 15) is 5.11 Å². The van der Waals surface area contributed by atoms with Gasteiger partial charge in [0.15, 0.2) is 0 Å². The third-order valence-corrected chi connectivity index (χ3v) is 6.91. The predicted molar refractivity (Wildman–Crippen MR) is 146 cm³/mol. The highest BCUT2D eigenvalue weighted by atomic mass is 35.5. The molecule has 1 atom stereocenters. The smallest absolute Gasteiger partial charge is 0.276 e. The number of aromatic amines is 1. The van der Waals surface area contributed by atoms with Gasteiger partial charge in [-0.2, -0.15) is 0 Å². The number of rotatable bonds is 7. The van der Waals surface area contributed by atoms with Gasteiger partial charge in [0, 0.05) is 45.5 Å². The summed E-state index contributed by atoms with van der Waals surface area (Å²) in [6.45, 7) is 0. The van der Waals surface area contributed by atoms with Crippen LogP contribution in [-0.2, 0) is 12.0 Å². The minimum atomic E-state index is -1.35. The van der Waals surface area contributed by atoms with E-state index in [-0.39, 0.29) is 5.16 Å². The van der Waals surface area contributed by atoms with Crippen molar-refractivity contribution in [3.8, 4) is 22.4 Å². The van der Waals surface area contributed by atoms with E-state index in [1.807, 2.05) is 55.7 Å². The predicted octanol–water partition coefficient (Wildman–Crippen LogP) is 4.38. The summed E-state index contributed by atoms with van der Waals surface area (Å²) in [6.07, 6.45) is 6.15. The van der Waals surface area contributed by atoms with Gasteiger partial charge in [0.05, 0.1) is 17.5 Å². The standard InChI is InChI=1S/C27H27Cl2N6O2/c1-31-20-6-3-16(4-7-20)23-13-33-26(34-23)27(36)10-9-17-11-18(15-35(37-2)25(17)27)21-12-19(28)5-8-22(21)32-14-24(29)30/h3-8,11-15,31-32,36H,9-10,30H2,1-2H3,(H,33,34)/q+1/b24-14-. The van der Waals surface area contributed by atoms with Gasteiger partial charge in [-0.05, 0) is 54.8 Å². The van der Waals surface area contributed by atoms with Crippen molar-refractivity contribution in [1.29, 1.82) is 0 Å².